The number of thioether (sulfide) groups is 1. The second-order valence-corrected chi connectivity index (χ2v) is 6.36. The van der Waals surface area contributed by atoms with E-state index in [2.05, 4.69) is 22.3 Å². The van der Waals surface area contributed by atoms with Crippen LogP contribution in [0.2, 0.25) is 0 Å². The summed E-state index contributed by atoms with van der Waals surface area (Å²) in [6.45, 7) is 3.36. The summed E-state index contributed by atoms with van der Waals surface area (Å²) in [7, 11) is 0. The molecule has 21 heavy (non-hydrogen) atoms. The Kier molecular flexibility index (Phi) is 4.20. The molecule has 2 heterocycles. The van der Waals surface area contributed by atoms with Crippen molar-refractivity contribution in [1.29, 1.82) is 0 Å². The van der Waals surface area contributed by atoms with Gasteiger partial charge in [-0.2, -0.15) is 22.0 Å². The number of amides is 1. The average Bonchev–Trinajstić information content (AvgIpc) is 2.56. The molecule has 2 aromatic rings. The predicted molar refractivity (Wildman–Crippen MR) is 84.3 cm³/mol. The van der Waals surface area contributed by atoms with Gasteiger partial charge in [0.05, 0.1) is 17.5 Å². The molecule has 0 N–H and O–H groups in total. The van der Waals surface area contributed by atoms with Crippen molar-refractivity contribution in [1.82, 2.24) is 15.1 Å². The maximum atomic E-state index is 12.6. The summed E-state index contributed by atoms with van der Waals surface area (Å²) >= 11 is 1.91. The van der Waals surface area contributed by atoms with Crippen LogP contribution in [0.4, 0.5) is 0 Å². The van der Waals surface area contributed by atoms with Crippen molar-refractivity contribution < 1.29 is 4.79 Å². The Morgan fingerprint density at radius 1 is 1.29 bits per heavy atom. The fourth-order valence-corrected chi connectivity index (χ4v) is 3.75. The van der Waals surface area contributed by atoms with Crippen LogP contribution in [0.25, 0.3) is 0 Å². The van der Waals surface area contributed by atoms with Gasteiger partial charge in [0.2, 0.25) is 0 Å². The zero-order chi connectivity index (χ0) is 14.7. The van der Waals surface area contributed by atoms with Gasteiger partial charge in [-0.25, -0.2) is 0 Å². The molecule has 4 nitrogen and oxygen atoms in total. The highest BCUT2D eigenvalue weighted by atomic mass is 32.2. The second kappa shape index (κ2) is 6.26. The Balaban J connectivity index is 1.77. The summed E-state index contributed by atoms with van der Waals surface area (Å²) in [6.07, 6.45) is 1.58. The largest absolute Gasteiger partial charge is 0.336 e. The average molecular weight is 299 g/mol. The first-order valence-electron chi connectivity index (χ1n) is 7.00. The maximum absolute atomic E-state index is 12.6. The minimum Gasteiger partial charge on any atom is -0.336 e. The molecule has 1 aliphatic rings. The van der Waals surface area contributed by atoms with E-state index in [1.54, 1.807) is 12.3 Å². The fraction of sp³-hybridized carbons (Fsp3) is 0.312. The fourth-order valence-electron chi connectivity index (χ4n) is 2.50. The van der Waals surface area contributed by atoms with Crippen molar-refractivity contribution in [2.45, 2.75) is 12.2 Å². The first kappa shape index (κ1) is 14.1. The van der Waals surface area contributed by atoms with Crippen LogP contribution in [-0.2, 0) is 0 Å². The van der Waals surface area contributed by atoms with Gasteiger partial charge in [0.15, 0.2) is 0 Å². The lowest BCUT2D eigenvalue weighted by Gasteiger charge is -2.32. The molecule has 0 bridgehead atoms. The Bertz CT molecular complexity index is 632. The summed E-state index contributed by atoms with van der Waals surface area (Å²) < 4.78 is 0. The van der Waals surface area contributed by atoms with E-state index in [0.29, 0.717) is 16.5 Å². The van der Waals surface area contributed by atoms with Crippen LogP contribution < -0.4 is 0 Å². The number of aryl methyl sites for hydroxylation is 1. The predicted octanol–water partition coefficient (Wildman–Crippen LogP) is 2.72. The molecule has 1 fully saturated rings. The van der Waals surface area contributed by atoms with E-state index in [9.17, 15) is 4.79 Å². The van der Waals surface area contributed by atoms with Crippen LogP contribution in [0.3, 0.4) is 0 Å². The van der Waals surface area contributed by atoms with Crippen molar-refractivity contribution in [3.05, 3.63) is 59.4 Å². The third-order valence-corrected chi connectivity index (χ3v) is 4.90. The number of aromatic nitrogens is 2. The summed E-state index contributed by atoms with van der Waals surface area (Å²) in [6, 6.07) is 12.1. The molecule has 0 spiro atoms. The van der Waals surface area contributed by atoms with Crippen molar-refractivity contribution in [3.8, 4) is 0 Å². The Morgan fingerprint density at radius 3 is 2.86 bits per heavy atom. The smallest absolute Gasteiger partial charge is 0.255 e. The minimum absolute atomic E-state index is 0.0589. The lowest BCUT2D eigenvalue weighted by molar-refractivity contribution is 0.0760. The monoisotopic (exact) mass is 299 g/mol. The third kappa shape index (κ3) is 3.08. The number of carbonyl (C=O) groups is 1. The molecule has 0 aliphatic carbocycles. The SMILES string of the molecule is Cc1nnccc1C(=O)N1CCSC(c2ccccc2)C1. The Hall–Kier alpha value is -1.88. The number of hydrogen-bond acceptors (Lipinski definition) is 4. The standard InChI is InChI=1S/C16H17N3OS/c1-12-14(7-8-17-18-12)16(20)19-9-10-21-15(11-19)13-5-3-2-4-6-13/h2-8,15H,9-11H2,1H3. The van der Waals surface area contributed by atoms with Crippen molar-refractivity contribution >= 4 is 17.7 Å². The van der Waals surface area contributed by atoms with E-state index >= 15 is 0 Å². The molecule has 108 valence electrons. The van der Waals surface area contributed by atoms with Crippen LogP contribution in [-0.4, -0.2) is 39.8 Å². The molecule has 0 saturated carbocycles. The van der Waals surface area contributed by atoms with E-state index in [1.165, 1.54) is 5.56 Å². The van der Waals surface area contributed by atoms with Gasteiger partial charge in [0.25, 0.3) is 5.91 Å². The Labute approximate surface area is 128 Å². The number of benzene rings is 1. The molecule has 1 unspecified atom stereocenters. The van der Waals surface area contributed by atoms with Gasteiger partial charge in [-0.05, 0) is 18.6 Å². The molecule has 1 aromatic heterocycles. The molecular formula is C16H17N3OS. The first-order valence-corrected chi connectivity index (χ1v) is 8.04. The van der Waals surface area contributed by atoms with Crippen molar-refractivity contribution in [3.63, 3.8) is 0 Å². The topological polar surface area (TPSA) is 46.1 Å². The molecule has 0 radical (unpaired) electrons. The first-order chi connectivity index (χ1) is 10.3. The number of nitrogens with zero attached hydrogens (tertiary/aromatic N) is 3. The second-order valence-electron chi connectivity index (χ2n) is 5.05. The van der Waals surface area contributed by atoms with E-state index in [4.69, 9.17) is 0 Å². The third-order valence-electron chi connectivity index (χ3n) is 3.66. The van der Waals surface area contributed by atoms with Gasteiger partial charge in [-0.15, -0.1) is 0 Å². The number of carbonyl (C=O) groups excluding carboxylic acids is 1. The van der Waals surface area contributed by atoms with Gasteiger partial charge >= 0.3 is 0 Å². The maximum Gasteiger partial charge on any atom is 0.255 e. The van der Waals surface area contributed by atoms with Gasteiger partial charge in [0, 0.05) is 24.1 Å². The zero-order valence-electron chi connectivity index (χ0n) is 11.9. The molecule has 1 saturated heterocycles. The van der Waals surface area contributed by atoms with E-state index < -0.39 is 0 Å². The van der Waals surface area contributed by atoms with E-state index in [-0.39, 0.29) is 5.91 Å². The molecule has 1 aromatic carbocycles. The molecule has 1 aliphatic heterocycles. The minimum atomic E-state index is 0.0589. The van der Waals surface area contributed by atoms with Crippen LogP contribution in [0.15, 0.2) is 42.6 Å². The molecule has 1 atom stereocenters. The molecule has 3 rings (SSSR count). The highest BCUT2D eigenvalue weighted by Gasteiger charge is 2.26. The zero-order valence-corrected chi connectivity index (χ0v) is 12.7. The quantitative estimate of drug-likeness (QED) is 0.855. The van der Waals surface area contributed by atoms with Crippen LogP contribution in [0, 0.1) is 6.92 Å². The summed E-state index contributed by atoms with van der Waals surface area (Å²) in [4.78, 5) is 14.6. The summed E-state index contributed by atoms with van der Waals surface area (Å²) in [5, 5.41) is 8.13. The number of rotatable bonds is 2. The van der Waals surface area contributed by atoms with Gasteiger partial charge in [-0.3, -0.25) is 4.79 Å². The van der Waals surface area contributed by atoms with Gasteiger partial charge in [-0.1, -0.05) is 30.3 Å². The number of hydrogen-bond donors (Lipinski definition) is 0. The van der Waals surface area contributed by atoms with Gasteiger partial charge < -0.3 is 4.90 Å². The lowest BCUT2D eigenvalue weighted by atomic mass is 10.1. The normalized spacial score (nSPS) is 18.5. The van der Waals surface area contributed by atoms with Crippen molar-refractivity contribution in [2.75, 3.05) is 18.8 Å². The molecular weight excluding hydrogens is 282 g/mol. The van der Waals surface area contributed by atoms with Gasteiger partial charge in [0.1, 0.15) is 0 Å². The molecule has 5 heteroatoms. The highest BCUT2D eigenvalue weighted by molar-refractivity contribution is 7.99. The summed E-state index contributed by atoms with van der Waals surface area (Å²) in [5.74, 6) is 1.02. The Morgan fingerprint density at radius 2 is 2.10 bits per heavy atom. The van der Waals surface area contributed by atoms with E-state index in [1.807, 2.05) is 41.8 Å². The summed E-state index contributed by atoms with van der Waals surface area (Å²) in [5.41, 5.74) is 2.63. The highest BCUT2D eigenvalue weighted by Crippen LogP contribution is 2.33. The van der Waals surface area contributed by atoms with Crippen LogP contribution in [0.1, 0.15) is 26.9 Å². The van der Waals surface area contributed by atoms with Crippen molar-refractivity contribution in [2.24, 2.45) is 0 Å². The van der Waals surface area contributed by atoms with E-state index in [0.717, 1.165) is 18.8 Å². The van der Waals surface area contributed by atoms with Crippen LogP contribution in [0.5, 0.6) is 0 Å². The van der Waals surface area contributed by atoms with Crippen LogP contribution >= 0.6 is 11.8 Å². The lowest BCUT2D eigenvalue weighted by Crippen LogP contribution is -2.39. The molecule has 1 amide bonds.